The summed E-state index contributed by atoms with van der Waals surface area (Å²) >= 11 is 0. The molecular weight excluding hydrogens is 348 g/mol. The van der Waals surface area contributed by atoms with E-state index in [1.807, 2.05) is 42.5 Å². The van der Waals surface area contributed by atoms with E-state index in [4.69, 9.17) is 0 Å². The van der Waals surface area contributed by atoms with Crippen LogP contribution in [0.15, 0.2) is 54.6 Å². The second-order valence-electron chi connectivity index (χ2n) is 6.88. The molecule has 1 aliphatic heterocycles. The van der Waals surface area contributed by atoms with E-state index in [1.165, 1.54) is 5.56 Å². The fourth-order valence-electron chi connectivity index (χ4n) is 3.23. The first kappa shape index (κ1) is 18.5. The molecule has 0 radical (unpaired) electrons. The number of anilines is 2. The third-order valence-corrected chi connectivity index (χ3v) is 6.49. The van der Waals surface area contributed by atoms with Gasteiger partial charge < -0.3 is 10.6 Å². The van der Waals surface area contributed by atoms with Crippen LogP contribution in [0.3, 0.4) is 0 Å². The lowest BCUT2D eigenvalue weighted by Crippen LogP contribution is -2.17. The van der Waals surface area contributed by atoms with Gasteiger partial charge in [-0.1, -0.05) is 30.3 Å². The van der Waals surface area contributed by atoms with E-state index in [9.17, 15) is 13.2 Å². The molecule has 138 valence electrons. The zero-order chi connectivity index (χ0) is 18.6. The van der Waals surface area contributed by atoms with E-state index < -0.39 is 9.84 Å². The van der Waals surface area contributed by atoms with E-state index in [0.29, 0.717) is 12.1 Å². The van der Waals surface area contributed by atoms with Gasteiger partial charge in [0, 0.05) is 23.8 Å². The van der Waals surface area contributed by atoms with Gasteiger partial charge in [0.1, 0.15) is 0 Å². The molecule has 1 heterocycles. The molecule has 1 amide bonds. The second kappa shape index (κ2) is 7.91. The number of sulfone groups is 1. The largest absolute Gasteiger partial charge is 0.379 e. The maximum atomic E-state index is 12.1. The molecule has 6 heteroatoms. The average molecular weight is 372 g/mol. The Morgan fingerprint density at radius 1 is 1.08 bits per heavy atom. The molecule has 0 aromatic heterocycles. The van der Waals surface area contributed by atoms with Crippen LogP contribution in [0.2, 0.25) is 0 Å². The first-order chi connectivity index (χ1) is 12.4. The molecule has 1 aliphatic rings. The van der Waals surface area contributed by atoms with E-state index in [0.717, 1.165) is 5.69 Å². The molecule has 0 saturated carbocycles. The highest BCUT2D eigenvalue weighted by Crippen LogP contribution is 2.23. The van der Waals surface area contributed by atoms with Gasteiger partial charge in [0.05, 0.1) is 11.5 Å². The third-order valence-electron chi connectivity index (χ3n) is 4.65. The number of hydrogen-bond acceptors (Lipinski definition) is 4. The predicted octanol–water partition coefficient (Wildman–Crippen LogP) is 3.62. The van der Waals surface area contributed by atoms with Crippen molar-refractivity contribution in [2.45, 2.75) is 25.8 Å². The summed E-state index contributed by atoms with van der Waals surface area (Å²) < 4.78 is 22.9. The fourth-order valence-corrected chi connectivity index (χ4v) is 5.09. The highest BCUT2D eigenvalue weighted by Gasteiger charge is 2.29. The normalized spacial score (nSPS) is 19.7. The zero-order valence-corrected chi connectivity index (χ0v) is 15.6. The number of nitrogens with one attached hydrogen (secondary N) is 2. The lowest BCUT2D eigenvalue weighted by atomic mass is 10.0. The molecule has 2 N–H and O–H groups in total. The lowest BCUT2D eigenvalue weighted by molar-refractivity contribution is -0.116. The number of rotatable bonds is 6. The number of benzene rings is 2. The highest BCUT2D eigenvalue weighted by atomic mass is 32.2. The summed E-state index contributed by atoms with van der Waals surface area (Å²) in [4.78, 5) is 12.1. The van der Waals surface area contributed by atoms with Gasteiger partial charge in [-0.25, -0.2) is 8.42 Å². The smallest absolute Gasteiger partial charge is 0.224 e. The van der Waals surface area contributed by atoms with Crippen molar-refractivity contribution >= 4 is 27.1 Å². The van der Waals surface area contributed by atoms with Crippen LogP contribution >= 0.6 is 0 Å². The van der Waals surface area contributed by atoms with Gasteiger partial charge in [0.15, 0.2) is 9.84 Å². The second-order valence-corrected chi connectivity index (χ2v) is 9.10. The molecular formula is C20H24N2O3S. The van der Waals surface area contributed by atoms with Gasteiger partial charge in [-0.15, -0.1) is 0 Å². The SMILES string of the molecule is CC(Nc1ccc(NC(=O)CC2CCS(=O)(=O)C2)cc1)c1ccccc1. The first-order valence-corrected chi connectivity index (χ1v) is 10.7. The summed E-state index contributed by atoms with van der Waals surface area (Å²) in [5.74, 6) is 0.129. The van der Waals surface area contributed by atoms with Gasteiger partial charge in [0.2, 0.25) is 5.91 Å². The van der Waals surface area contributed by atoms with Crippen molar-refractivity contribution in [3.8, 4) is 0 Å². The van der Waals surface area contributed by atoms with Crippen LogP contribution in [0.1, 0.15) is 31.4 Å². The van der Waals surface area contributed by atoms with Crippen molar-refractivity contribution in [3.05, 3.63) is 60.2 Å². The lowest BCUT2D eigenvalue weighted by Gasteiger charge is -2.16. The Bertz CT molecular complexity index is 848. The van der Waals surface area contributed by atoms with Crippen molar-refractivity contribution in [1.82, 2.24) is 0 Å². The Morgan fingerprint density at radius 2 is 1.73 bits per heavy atom. The molecule has 1 fully saturated rings. The fraction of sp³-hybridized carbons (Fsp3) is 0.350. The third kappa shape index (κ3) is 5.08. The Hall–Kier alpha value is -2.34. The van der Waals surface area contributed by atoms with Crippen molar-refractivity contribution in [3.63, 3.8) is 0 Å². The van der Waals surface area contributed by atoms with Gasteiger partial charge in [-0.3, -0.25) is 4.79 Å². The quantitative estimate of drug-likeness (QED) is 0.812. The maximum absolute atomic E-state index is 12.1. The van der Waals surface area contributed by atoms with Crippen LogP contribution in [0, 0.1) is 5.92 Å². The standard InChI is InChI=1S/C20H24N2O3S/c1-15(17-5-3-2-4-6-17)21-18-7-9-19(10-8-18)22-20(23)13-16-11-12-26(24,25)14-16/h2-10,15-16,21H,11-14H2,1H3,(H,22,23). The van der Waals surface area contributed by atoms with E-state index in [-0.39, 0.29) is 35.8 Å². The molecule has 0 aliphatic carbocycles. The van der Waals surface area contributed by atoms with Crippen molar-refractivity contribution < 1.29 is 13.2 Å². The minimum atomic E-state index is -2.94. The van der Waals surface area contributed by atoms with Crippen molar-refractivity contribution in [2.75, 3.05) is 22.1 Å². The first-order valence-electron chi connectivity index (χ1n) is 8.83. The molecule has 2 atom stereocenters. The minimum absolute atomic E-state index is 0.0624. The van der Waals surface area contributed by atoms with Crippen molar-refractivity contribution in [1.29, 1.82) is 0 Å². The molecule has 2 aromatic carbocycles. The molecule has 26 heavy (non-hydrogen) atoms. The predicted molar refractivity (Wildman–Crippen MR) is 105 cm³/mol. The minimum Gasteiger partial charge on any atom is -0.379 e. The maximum Gasteiger partial charge on any atom is 0.224 e. The van der Waals surface area contributed by atoms with E-state index in [1.54, 1.807) is 0 Å². The van der Waals surface area contributed by atoms with Crippen LogP contribution < -0.4 is 10.6 Å². The topological polar surface area (TPSA) is 75.3 Å². The van der Waals surface area contributed by atoms with Crippen LogP contribution in [0.4, 0.5) is 11.4 Å². The zero-order valence-electron chi connectivity index (χ0n) is 14.8. The Morgan fingerprint density at radius 3 is 2.35 bits per heavy atom. The number of amides is 1. The molecule has 0 spiro atoms. The summed E-state index contributed by atoms with van der Waals surface area (Å²) in [6.07, 6.45) is 0.834. The van der Waals surface area contributed by atoms with Crippen LogP contribution in [-0.4, -0.2) is 25.8 Å². The summed E-state index contributed by atoms with van der Waals surface area (Å²) in [6.45, 7) is 2.10. The van der Waals surface area contributed by atoms with Gasteiger partial charge in [-0.05, 0) is 49.1 Å². The molecule has 2 aromatic rings. The number of carbonyl (C=O) groups is 1. The molecule has 3 rings (SSSR count). The number of carbonyl (C=O) groups excluding carboxylic acids is 1. The highest BCUT2D eigenvalue weighted by molar-refractivity contribution is 7.91. The van der Waals surface area contributed by atoms with Crippen LogP contribution in [0.5, 0.6) is 0 Å². The molecule has 2 unspecified atom stereocenters. The monoisotopic (exact) mass is 372 g/mol. The van der Waals surface area contributed by atoms with Crippen molar-refractivity contribution in [2.24, 2.45) is 5.92 Å². The Kier molecular flexibility index (Phi) is 5.61. The van der Waals surface area contributed by atoms with Crippen LogP contribution in [0.25, 0.3) is 0 Å². The Labute approximate surface area is 154 Å². The molecule has 1 saturated heterocycles. The van der Waals surface area contributed by atoms with Crippen LogP contribution in [-0.2, 0) is 14.6 Å². The molecule has 5 nitrogen and oxygen atoms in total. The summed E-state index contributed by atoms with van der Waals surface area (Å²) in [6, 6.07) is 17.9. The number of hydrogen-bond donors (Lipinski definition) is 2. The van der Waals surface area contributed by atoms with Gasteiger partial charge >= 0.3 is 0 Å². The van der Waals surface area contributed by atoms with E-state index in [2.05, 4.69) is 29.7 Å². The molecule has 0 bridgehead atoms. The summed E-state index contributed by atoms with van der Waals surface area (Å²) in [7, 11) is -2.94. The summed E-state index contributed by atoms with van der Waals surface area (Å²) in [5.41, 5.74) is 2.89. The van der Waals surface area contributed by atoms with E-state index >= 15 is 0 Å². The average Bonchev–Trinajstić information content (AvgIpc) is 2.95. The van der Waals surface area contributed by atoms with Gasteiger partial charge in [0.25, 0.3) is 0 Å². The van der Waals surface area contributed by atoms with Gasteiger partial charge in [-0.2, -0.15) is 0 Å². The Balaban J connectivity index is 1.52. The summed E-state index contributed by atoms with van der Waals surface area (Å²) in [5, 5.41) is 6.27.